The topological polar surface area (TPSA) is 379 Å². The number of aromatic amines is 1. The number of nitrogen functional groups attached to an aromatic ring is 4. The number of carboxylic acid groups (broad SMARTS) is 1. The van der Waals surface area contributed by atoms with Gasteiger partial charge in [0.2, 0.25) is 0 Å². The van der Waals surface area contributed by atoms with Crippen molar-refractivity contribution in [1.29, 1.82) is 0 Å². The van der Waals surface area contributed by atoms with Gasteiger partial charge in [-0.05, 0) is 123 Å². The Labute approximate surface area is 543 Å². The molecule has 0 aliphatic heterocycles. The van der Waals surface area contributed by atoms with Crippen molar-refractivity contribution < 1.29 is 19.5 Å². The molecule has 2 amide bonds. The molecule has 92 heavy (non-hydrogen) atoms. The van der Waals surface area contributed by atoms with Crippen molar-refractivity contribution in [2.24, 2.45) is 0 Å². The number of nitrogens with zero attached hydrogens (tertiary/aromatic N) is 9. The van der Waals surface area contributed by atoms with Crippen molar-refractivity contribution in [3.8, 4) is 11.5 Å². The molecule has 13 aromatic rings. The number of carbonyl (C=O) groups is 3. The number of hydrogen-bond donors (Lipinski definition) is 12. The van der Waals surface area contributed by atoms with E-state index < -0.39 is 5.97 Å². The Morgan fingerprint density at radius 1 is 0.446 bits per heavy atom. The van der Waals surface area contributed by atoms with Crippen molar-refractivity contribution in [1.82, 2.24) is 49.8 Å². The van der Waals surface area contributed by atoms with Gasteiger partial charge in [0.15, 0.2) is 22.9 Å². The minimum absolute atomic E-state index is 0.0313. The number of carboxylic acids is 1. The van der Waals surface area contributed by atoms with Gasteiger partial charge in [0.1, 0.15) is 25.7 Å². The maximum atomic E-state index is 12.5. The number of hydrogen-bond acceptors (Lipinski definition) is 24. The molecule has 0 aliphatic carbocycles. The standard InChI is InChI=1S/2C16H15N5OS.C16H13N5S.C9H7N3O2S.C7H10N2/c1-10-4-2-6-12(13(10)17)21-15(22)14-16(23-9-19-14)20-11-5-3-7-18-8-11;1-10-4-2-6-12(17)13(10)21-15(22)14-16(23-9-19-14)20-11-5-3-7-18-8-11;1-10-4-2-6-12-13(10)21-15(20-12)14-16(22-9-18-14)19-11-5-3-7-17-8-11;13-9(14)7-8(15-5-11-7)12-6-2-1-3-10-4-6;1-5-3-2-4-6(8)7(5)9/h2*2-9,20H,17H2,1H3,(H,21,22);2-9,19H,1H3,(H,20,21);1-5,12H,(H,13,14);2-4H,8-9H2,1H3. The Balaban J connectivity index is 0.000000140. The van der Waals surface area contributed by atoms with Gasteiger partial charge in [-0.3, -0.25) is 29.5 Å². The number of para-hydroxylation sites is 4. The summed E-state index contributed by atoms with van der Waals surface area (Å²) in [5, 5.41) is 29.8. The first kappa shape index (κ1) is 64.7. The number of thiazole rings is 4. The number of pyridine rings is 4. The van der Waals surface area contributed by atoms with Crippen LogP contribution in [0, 0.1) is 27.7 Å². The van der Waals surface area contributed by atoms with Crippen molar-refractivity contribution in [2.45, 2.75) is 27.7 Å². The van der Waals surface area contributed by atoms with Crippen LogP contribution in [0.4, 0.5) is 76.9 Å². The van der Waals surface area contributed by atoms with Crippen LogP contribution in [-0.2, 0) is 0 Å². The van der Waals surface area contributed by atoms with Crippen molar-refractivity contribution in [2.75, 3.05) is 54.8 Å². The molecule has 0 bridgehead atoms. The Morgan fingerprint density at radius 3 is 1.35 bits per heavy atom. The lowest BCUT2D eigenvalue weighted by Crippen LogP contribution is -2.15. The number of aromatic carboxylic acids is 1. The summed E-state index contributed by atoms with van der Waals surface area (Å²) in [6.45, 7) is 7.78. The van der Waals surface area contributed by atoms with E-state index in [2.05, 4.69) is 94.7 Å². The normalized spacial score (nSPS) is 10.3. The van der Waals surface area contributed by atoms with Crippen molar-refractivity contribution in [3.63, 3.8) is 0 Å². The fraction of sp³-hybridized carbons (Fsp3) is 0.0625. The third-order valence-corrected chi connectivity index (χ3v) is 16.0. The molecule has 0 atom stereocenters. The molecular formula is C64H60N20O4S4. The van der Waals surface area contributed by atoms with Gasteiger partial charge in [-0.15, -0.1) is 45.3 Å². The molecule has 0 saturated carbocycles. The summed E-state index contributed by atoms with van der Waals surface area (Å²) in [5.41, 5.74) is 43.9. The monoisotopic (exact) mass is 1300 g/mol. The smallest absolute Gasteiger partial charge is 0.357 e. The summed E-state index contributed by atoms with van der Waals surface area (Å²) in [4.78, 5) is 76.4. The summed E-state index contributed by atoms with van der Waals surface area (Å²) in [7, 11) is 0. The molecule has 0 fully saturated rings. The largest absolute Gasteiger partial charge is 0.476 e. The zero-order valence-corrected chi connectivity index (χ0v) is 52.9. The molecule has 0 unspecified atom stereocenters. The van der Waals surface area contributed by atoms with Gasteiger partial charge in [0, 0.05) is 24.8 Å². The van der Waals surface area contributed by atoms with E-state index in [0.29, 0.717) is 60.5 Å². The zero-order chi connectivity index (χ0) is 64.9. The van der Waals surface area contributed by atoms with Crippen LogP contribution in [0.5, 0.6) is 0 Å². The van der Waals surface area contributed by atoms with Gasteiger partial charge >= 0.3 is 5.97 Å². The first-order valence-corrected chi connectivity index (χ1v) is 31.2. The van der Waals surface area contributed by atoms with Gasteiger partial charge in [-0.25, -0.2) is 29.7 Å². The molecule has 4 aromatic carbocycles. The molecule has 24 nitrogen and oxygen atoms in total. The lowest BCUT2D eigenvalue weighted by Gasteiger charge is -2.11. The third kappa shape index (κ3) is 17.3. The summed E-state index contributed by atoms with van der Waals surface area (Å²) in [6, 6.07) is 37.5. The SMILES string of the molecule is Cc1cccc(N)c1N.Cc1cccc(N)c1NC(=O)c1ncsc1Nc1cccnc1.Cc1cccc(NC(=O)c2ncsc2Nc2cccnc2)c1N.Cc1cccc2[nH]c(-c3ncsc3Nc3cccnc3)nc12.O=C(O)c1ncsc1Nc1cccnc1. The molecular weight excluding hydrogens is 1240 g/mol. The number of anilines is 14. The van der Waals surface area contributed by atoms with Crippen LogP contribution in [0.2, 0.25) is 0 Å². The number of aromatic nitrogens is 10. The average Bonchev–Trinajstić information content (AvgIpc) is 1.73. The van der Waals surface area contributed by atoms with Gasteiger partial charge in [-0.2, -0.15) is 0 Å². The maximum absolute atomic E-state index is 12.5. The van der Waals surface area contributed by atoms with E-state index >= 15 is 0 Å². The summed E-state index contributed by atoms with van der Waals surface area (Å²) < 4.78 is 0. The van der Waals surface area contributed by atoms with E-state index in [0.717, 1.165) is 72.6 Å². The molecule has 0 saturated heterocycles. The second-order valence-electron chi connectivity index (χ2n) is 19.5. The number of benzene rings is 4. The van der Waals surface area contributed by atoms with Crippen LogP contribution >= 0.6 is 45.3 Å². The highest BCUT2D eigenvalue weighted by Crippen LogP contribution is 2.34. The molecule has 0 aliphatic rings. The van der Waals surface area contributed by atoms with E-state index in [1.807, 2.05) is 111 Å². The molecule has 28 heteroatoms. The number of nitrogens with one attached hydrogen (secondary N) is 7. The Kier molecular flexibility index (Phi) is 22.1. The van der Waals surface area contributed by atoms with Gasteiger partial charge in [0.05, 0.1) is 115 Å². The van der Waals surface area contributed by atoms with Gasteiger partial charge in [0.25, 0.3) is 11.8 Å². The van der Waals surface area contributed by atoms with Gasteiger partial charge < -0.3 is 64.9 Å². The number of amides is 2. The highest BCUT2D eigenvalue weighted by Gasteiger charge is 2.20. The van der Waals surface area contributed by atoms with E-state index in [-0.39, 0.29) is 17.5 Å². The van der Waals surface area contributed by atoms with Crippen LogP contribution in [0.3, 0.4) is 0 Å². The molecule has 16 N–H and O–H groups in total. The van der Waals surface area contributed by atoms with Crippen molar-refractivity contribution >= 4 is 151 Å². The van der Waals surface area contributed by atoms with Crippen LogP contribution in [0.1, 0.15) is 53.7 Å². The predicted molar refractivity (Wildman–Crippen MR) is 372 cm³/mol. The number of H-pyrrole nitrogens is 1. The van der Waals surface area contributed by atoms with Crippen LogP contribution in [0.15, 0.2) is 193 Å². The molecule has 13 rings (SSSR count). The van der Waals surface area contributed by atoms with E-state index in [4.69, 9.17) is 28.0 Å². The molecule has 0 spiro atoms. The Bertz CT molecular complexity index is 4520. The number of fused-ring (bicyclic) bond motifs is 1. The van der Waals surface area contributed by atoms with E-state index in [1.165, 1.54) is 39.5 Å². The average molecular weight is 1300 g/mol. The number of carbonyl (C=O) groups excluding carboxylic acids is 2. The third-order valence-electron chi connectivity index (χ3n) is 13.0. The second kappa shape index (κ2) is 31.5. The molecule has 9 heterocycles. The van der Waals surface area contributed by atoms with Crippen LogP contribution in [-0.4, -0.2) is 72.7 Å². The molecule has 9 aromatic heterocycles. The highest BCUT2D eigenvalue weighted by atomic mass is 32.1. The first-order chi connectivity index (χ1) is 44.6. The number of imidazole rings is 1. The summed E-state index contributed by atoms with van der Waals surface area (Å²) >= 11 is 5.48. The number of nitrogens with two attached hydrogens (primary N) is 4. The second-order valence-corrected chi connectivity index (χ2v) is 22.9. The van der Waals surface area contributed by atoms with Crippen LogP contribution in [0.25, 0.3) is 22.6 Å². The quantitative estimate of drug-likeness (QED) is 0.0450. The zero-order valence-electron chi connectivity index (χ0n) is 49.6. The number of aryl methyl sites for hydroxylation is 4. The maximum Gasteiger partial charge on any atom is 0.357 e. The van der Waals surface area contributed by atoms with Crippen LogP contribution < -0.4 is 54.8 Å². The predicted octanol–water partition coefficient (Wildman–Crippen LogP) is 14.1. The van der Waals surface area contributed by atoms with E-state index in [9.17, 15) is 14.4 Å². The minimum atomic E-state index is -1.04. The molecule has 464 valence electrons. The number of rotatable bonds is 14. The summed E-state index contributed by atoms with van der Waals surface area (Å²) in [5.74, 6) is -0.881. The minimum Gasteiger partial charge on any atom is -0.476 e. The van der Waals surface area contributed by atoms with Crippen molar-refractivity contribution in [3.05, 3.63) is 232 Å². The first-order valence-electron chi connectivity index (χ1n) is 27.6. The fourth-order valence-electron chi connectivity index (χ4n) is 8.25. The molecule has 0 radical (unpaired) electrons. The fourth-order valence-corrected chi connectivity index (χ4v) is 11.0. The Hall–Kier alpha value is -11.7. The Morgan fingerprint density at radius 2 is 0.870 bits per heavy atom. The summed E-state index contributed by atoms with van der Waals surface area (Å²) in [6.07, 6.45) is 13.5. The van der Waals surface area contributed by atoms with E-state index in [1.54, 1.807) is 102 Å². The van der Waals surface area contributed by atoms with Gasteiger partial charge in [-0.1, -0.05) is 48.5 Å². The lowest BCUT2D eigenvalue weighted by atomic mass is 10.1. The highest BCUT2D eigenvalue weighted by molar-refractivity contribution is 7.15. The lowest BCUT2D eigenvalue weighted by molar-refractivity contribution is 0.0692.